The Hall–Kier alpha value is -1.92. The molecule has 1 aliphatic heterocycles. The van der Waals surface area contributed by atoms with E-state index in [0.29, 0.717) is 31.5 Å². The van der Waals surface area contributed by atoms with Gasteiger partial charge in [0.1, 0.15) is 6.61 Å². The fraction of sp³-hybridized carbons (Fsp3) is 0.667. The molecule has 1 N–H and O–H groups in total. The summed E-state index contributed by atoms with van der Waals surface area (Å²) < 4.78 is 5.61. The molecule has 0 bridgehead atoms. The summed E-state index contributed by atoms with van der Waals surface area (Å²) in [7, 11) is 0. The molecule has 6 heteroatoms. The molecular weight excluding hydrogens is 378 g/mol. The van der Waals surface area contributed by atoms with Crippen molar-refractivity contribution >= 4 is 11.8 Å². The standard InChI is InChI=1S/C24H37N3O3/c1-19(2)16-25-24(29)23(21-10-6-7-11-21)27-14-12-26(13-15-27)22(28)18-30-17-20-8-4-3-5-9-20/h3-5,8-9,19,21,23H,6-7,10-18H2,1-2H3,(H,25,29). The summed E-state index contributed by atoms with van der Waals surface area (Å²) in [6, 6.07) is 9.84. The molecule has 1 aromatic rings. The molecule has 1 aliphatic carbocycles. The Balaban J connectivity index is 1.47. The molecule has 1 atom stereocenters. The Morgan fingerprint density at radius 3 is 2.37 bits per heavy atom. The summed E-state index contributed by atoms with van der Waals surface area (Å²) >= 11 is 0. The van der Waals surface area contributed by atoms with Crippen LogP contribution < -0.4 is 5.32 Å². The molecule has 1 saturated heterocycles. The highest BCUT2D eigenvalue weighted by atomic mass is 16.5. The van der Waals surface area contributed by atoms with Gasteiger partial charge >= 0.3 is 0 Å². The number of carbonyl (C=O) groups excluding carboxylic acids is 2. The van der Waals surface area contributed by atoms with Crippen LogP contribution in [0.4, 0.5) is 0 Å². The lowest BCUT2D eigenvalue weighted by molar-refractivity contribution is -0.139. The smallest absolute Gasteiger partial charge is 0.248 e. The highest BCUT2D eigenvalue weighted by Crippen LogP contribution is 2.31. The monoisotopic (exact) mass is 415 g/mol. The lowest BCUT2D eigenvalue weighted by Gasteiger charge is -2.40. The molecule has 0 spiro atoms. The Morgan fingerprint density at radius 2 is 1.73 bits per heavy atom. The molecule has 1 heterocycles. The van der Waals surface area contributed by atoms with Crippen LogP contribution in [0.5, 0.6) is 0 Å². The van der Waals surface area contributed by atoms with Crippen LogP contribution in [0.15, 0.2) is 30.3 Å². The van der Waals surface area contributed by atoms with Crippen LogP contribution in [0.1, 0.15) is 45.1 Å². The number of nitrogens with one attached hydrogen (secondary N) is 1. The van der Waals surface area contributed by atoms with Gasteiger partial charge in [-0.25, -0.2) is 0 Å². The van der Waals surface area contributed by atoms with Crippen LogP contribution in [0.3, 0.4) is 0 Å². The summed E-state index contributed by atoms with van der Waals surface area (Å²) in [5, 5.41) is 3.15. The predicted molar refractivity (Wildman–Crippen MR) is 118 cm³/mol. The van der Waals surface area contributed by atoms with E-state index in [4.69, 9.17) is 4.74 Å². The van der Waals surface area contributed by atoms with Gasteiger partial charge in [0.25, 0.3) is 0 Å². The second kappa shape index (κ2) is 11.5. The molecular formula is C24H37N3O3. The van der Waals surface area contributed by atoms with Gasteiger partial charge in [-0.15, -0.1) is 0 Å². The van der Waals surface area contributed by atoms with E-state index < -0.39 is 0 Å². The normalized spacial score (nSPS) is 19.2. The van der Waals surface area contributed by atoms with Gasteiger partial charge in [-0.3, -0.25) is 14.5 Å². The lowest BCUT2D eigenvalue weighted by Crippen LogP contribution is -2.58. The fourth-order valence-corrected chi connectivity index (χ4v) is 4.53. The molecule has 6 nitrogen and oxygen atoms in total. The van der Waals surface area contributed by atoms with Gasteiger partial charge < -0.3 is 15.0 Å². The van der Waals surface area contributed by atoms with Crippen molar-refractivity contribution in [2.45, 2.75) is 52.2 Å². The van der Waals surface area contributed by atoms with Crippen molar-refractivity contribution in [2.75, 3.05) is 39.3 Å². The largest absolute Gasteiger partial charge is 0.367 e. The number of benzene rings is 1. The van der Waals surface area contributed by atoms with Crippen LogP contribution in [-0.2, 0) is 20.9 Å². The van der Waals surface area contributed by atoms with Crippen LogP contribution in [0.2, 0.25) is 0 Å². The number of hydrogen-bond acceptors (Lipinski definition) is 4. The van der Waals surface area contributed by atoms with Crippen LogP contribution in [-0.4, -0.2) is 67.0 Å². The van der Waals surface area contributed by atoms with Crippen molar-refractivity contribution in [3.8, 4) is 0 Å². The number of amides is 2. The van der Waals surface area contributed by atoms with Gasteiger partial charge in [-0.2, -0.15) is 0 Å². The summed E-state index contributed by atoms with van der Waals surface area (Å²) in [6.07, 6.45) is 4.70. The summed E-state index contributed by atoms with van der Waals surface area (Å²) in [5.74, 6) is 1.09. The number of rotatable bonds is 9. The van der Waals surface area contributed by atoms with E-state index >= 15 is 0 Å². The highest BCUT2D eigenvalue weighted by Gasteiger charge is 2.37. The van der Waals surface area contributed by atoms with Gasteiger partial charge in [0.15, 0.2) is 0 Å². The van der Waals surface area contributed by atoms with Crippen molar-refractivity contribution in [1.29, 1.82) is 0 Å². The zero-order valence-corrected chi connectivity index (χ0v) is 18.5. The maximum absolute atomic E-state index is 13.0. The molecule has 1 aromatic carbocycles. The summed E-state index contributed by atoms with van der Waals surface area (Å²) in [6.45, 7) is 8.34. The summed E-state index contributed by atoms with van der Waals surface area (Å²) in [4.78, 5) is 29.7. The van der Waals surface area contributed by atoms with E-state index in [1.807, 2.05) is 35.2 Å². The molecule has 30 heavy (non-hydrogen) atoms. The van der Waals surface area contributed by atoms with Crippen molar-refractivity contribution in [1.82, 2.24) is 15.1 Å². The van der Waals surface area contributed by atoms with E-state index in [1.54, 1.807) is 0 Å². The quantitative estimate of drug-likeness (QED) is 0.674. The minimum atomic E-state index is -0.0576. The number of piperazine rings is 1. The average molecular weight is 416 g/mol. The first-order chi connectivity index (χ1) is 14.5. The van der Waals surface area contributed by atoms with Gasteiger partial charge in [0, 0.05) is 32.7 Å². The number of hydrogen-bond donors (Lipinski definition) is 1. The first-order valence-electron chi connectivity index (χ1n) is 11.5. The van der Waals surface area contributed by atoms with Crippen molar-refractivity contribution in [2.24, 2.45) is 11.8 Å². The van der Waals surface area contributed by atoms with E-state index in [-0.39, 0.29) is 24.5 Å². The average Bonchev–Trinajstić information content (AvgIpc) is 3.28. The van der Waals surface area contributed by atoms with Crippen molar-refractivity contribution in [3.05, 3.63) is 35.9 Å². The maximum atomic E-state index is 13.0. The number of carbonyl (C=O) groups is 2. The maximum Gasteiger partial charge on any atom is 0.248 e. The zero-order chi connectivity index (χ0) is 21.3. The van der Waals surface area contributed by atoms with Crippen molar-refractivity contribution in [3.63, 3.8) is 0 Å². The molecule has 2 fully saturated rings. The third-order valence-electron chi connectivity index (χ3n) is 6.20. The van der Waals surface area contributed by atoms with Crippen LogP contribution in [0.25, 0.3) is 0 Å². The van der Waals surface area contributed by atoms with Crippen LogP contribution >= 0.6 is 0 Å². The molecule has 1 unspecified atom stereocenters. The second-order valence-corrected chi connectivity index (χ2v) is 9.02. The fourth-order valence-electron chi connectivity index (χ4n) is 4.53. The minimum Gasteiger partial charge on any atom is -0.367 e. The van der Waals surface area contributed by atoms with Gasteiger partial charge in [0.05, 0.1) is 12.6 Å². The second-order valence-electron chi connectivity index (χ2n) is 9.02. The third-order valence-corrected chi connectivity index (χ3v) is 6.20. The molecule has 0 aromatic heterocycles. The van der Waals surface area contributed by atoms with Gasteiger partial charge in [-0.1, -0.05) is 57.0 Å². The number of nitrogens with zero attached hydrogens (tertiary/aromatic N) is 2. The molecule has 166 valence electrons. The van der Waals surface area contributed by atoms with Gasteiger partial charge in [0.2, 0.25) is 11.8 Å². The first kappa shape index (κ1) is 22.8. The minimum absolute atomic E-state index is 0.0345. The molecule has 3 rings (SSSR count). The number of ether oxygens (including phenoxy) is 1. The predicted octanol–water partition coefficient (Wildman–Crippen LogP) is 2.68. The molecule has 2 amide bonds. The Labute approximate surface area is 180 Å². The van der Waals surface area contributed by atoms with Crippen molar-refractivity contribution < 1.29 is 14.3 Å². The topological polar surface area (TPSA) is 61.9 Å². The van der Waals surface area contributed by atoms with E-state index in [0.717, 1.165) is 38.0 Å². The Morgan fingerprint density at radius 1 is 1.07 bits per heavy atom. The molecule has 1 saturated carbocycles. The molecule has 2 aliphatic rings. The van der Waals surface area contributed by atoms with Crippen LogP contribution in [0, 0.1) is 11.8 Å². The first-order valence-corrected chi connectivity index (χ1v) is 11.5. The third kappa shape index (κ3) is 6.54. The Bertz CT molecular complexity index is 666. The highest BCUT2D eigenvalue weighted by molar-refractivity contribution is 5.82. The zero-order valence-electron chi connectivity index (χ0n) is 18.5. The van der Waals surface area contributed by atoms with E-state index in [9.17, 15) is 9.59 Å². The van der Waals surface area contributed by atoms with Gasteiger partial charge in [-0.05, 0) is 30.2 Å². The Kier molecular flexibility index (Phi) is 8.70. The molecule has 0 radical (unpaired) electrons. The SMILES string of the molecule is CC(C)CNC(=O)C(C1CCCC1)N1CCN(C(=O)COCc2ccccc2)CC1. The lowest BCUT2D eigenvalue weighted by atomic mass is 9.94. The van der Waals surface area contributed by atoms with E-state index in [2.05, 4.69) is 24.1 Å². The summed E-state index contributed by atoms with van der Waals surface area (Å²) in [5.41, 5.74) is 1.07. The van der Waals surface area contributed by atoms with E-state index in [1.165, 1.54) is 12.8 Å².